The highest BCUT2D eigenvalue weighted by Gasteiger charge is 2.42. The van der Waals surface area contributed by atoms with E-state index in [1.165, 1.54) is 6.42 Å². The van der Waals surface area contributed by atoms with Gasteiger partial charge in [0.1, 0.15) is 11.9 Å². The van der Waals surface area contributed by atoms with Crippen LogP contribution in [-0.2, 0) is 9.47 Å². The number of carbonyl (C=O) groups excluding carboxylic acids is 1. The molecule has 7 heteroatoms. The summed E-state index contributed by atoms with van der Waals surface area (Å²) in [6.45, 7) is 0.914. The third-order valence-corrected chi connectivity index (χ3v) is 4.66. The Balaban J connectivity index is 1.49. The molecule has 24 heavy (non-hydrogen) atoms. The number of carbonyl (C=O) groups is 1. The molecule has 1 spiro atoms. The molecule has 132 valence electrons. The predicted molar refractivity (Wildman–Crippen MR) is 91.7 cm³/mol. The fourth-order valence-electron chi connectivity index (χ4n) is 3.22. The first-order valence-electron chi connectivity index (χ1n) is 8.30. The van der Waals surface area contributed by atoms with E-state index in [0.717, 1.165) is 25.7 Å². The molecule has 1 aromatic rings. The standard InChI is InChI=1S/C17H23ClN2O4/c1-22-15-6-5-12(18)9-14(15)20-16(21)19-10-13-11-23-17(24-13)7-3-2-4-8-17/h5-6,9,13H,2-4,7-8,10-11H2,1H3,(H2,19,20,21). The number of benzene rings is 1. The van der Waals surface area contributed by atoms with E-state index in [4.69, 9.17) is 25.8 Å². The predicted octanol–water partition coefficient (Wildman–Crippen LogP) is 3.55. The van der Waals surface area contributed by atoms with Crippen LogP contribution in [0.15, 0.2) is 18.2 Å². The van der Waals surface area contributed by atoms with Crippen molar-refractivity contribution in [2.45, 2.75) is 44.0 Å². The number of hydrogen-bond acceptors (Lipinski definition) is 4. The number of anilines is 1. The average molecular weight is 355 g/mol. The van der Waals surface area contributed by atoms with Gasteiger partial charge in [0, 0.05) is 24.4 Å². The van der Waals surface area contributed by atoms with Crippen LogP contribution in [0.25, 0.3) is 0 Å². The highest BCUT2D eigenvalue weighted by atomic mass is 35.5. The number of halogens is 1. The Kier molecular flexibility index (Phi) is 5.48. The summed E-state index contributed by atoms with van der Waals surface area (Å²) < 4.78 is 17.1. The molecule has 1 saturated heterocycles. The number of ether oxygens (including phenoxy) is 3. The first-order valence-corrected chi connectivity index (χ1v) is 8.68. The molecular weight excluding hydrogens is 332 g/mol. The van der Waals surface area contributed by atoms with Gasteiger partial charge < -0.3 is 24.8 Å². The fourth-order valence-corrected chi connectivity index (χ4v) is 3.39. The maximum absolute atomic E-state index is 12.1. The smallest absolute Gasteiger partial charge is 0.319 e. The van der Waals surface area contributed by atoms with E-state index in [9.17, 15) is 4.79 Å². The number of urea groups is 1. The van der Waals surface area contributed by atoms with E-state index >= 15 is 0 Å². The van der Waals surface area contributed by atoms with E-state index < -0.39 is 5.79 Å². The molecule has 1 aliphatic heterocycles. The normalized spacial score (nSPS) is 22.3. The number of amides is 2. The molecule has 1 saturated carbocycles. The van der Waals surface area contributed by atoms with Crippen LogP contribution in [0, 0.1) is 0 Å². The van der Waals surface area contributed by atoms with Crippen LogP contribution < -0.4 is 15.4 Å². The first-order chi connectivity index (χ1) is 11.6. The molecule has 1 unspecified atom stereocenters. The SMILES string of the molecule is COc1ccc(Cl)cc1NC(=O)NCC1COC2(CCCCC2)O1. The molecular formula is C17H23ClN2O4. The lowest BCUT2D eigenvalue weighted by atomic mass is 9.94. The van der Waals surface area contributed by atoms with Crippen molar-refractivity contribution >= 4 is 23.3 Å². The van der Waals surface area contributed by atoms with Gasteiger partial charge in [0.25, 0.3) is 0 Å². The second-order valence-electron chi connectivity index (χ2n) is 6.20. The summed E-state index contributed by atoms with van der Waals surface area (Å²) in [4.78, 5) is 12.1. The van der Waals surface area contributed by atoms with Crippen molar-refractivity contribution in [1.29, 1.82) is 0 Å². The molecule has 0 aromatic heterocycles. The topological polar surface area (TPSA) is 68.8 Å². The average Bonchev–Trinajstić information content (AvgIpc) is 2.96. The molecule has 1 heterocycles. The van der Waals surface area contributed by atoms with Gasteiger partial charge in [-0.15, -0.1) is 0 Å². The Morgan fingerprint density at radius 3 is 2.92 bits per heavy atom. The first kappa shape index (κ1) is 17.3. The molecule has 0 bridgehead atoms. The van der Waals surface area contributed by atoms with Gasteiger partial charge in [0.2, 0.25) is 0 Å². The Morgan fingerprint density at radius 2 is 2.17 bits per heavy atom. The van der Waals surface area contributed by atoms with Crippen LogP contribution in [0.4, 0.5) is 10.5 Å². The fraction of sp³-hybridized carbons (Fsp3) is 0.588. The van der Waals surface area contributed by atoms with Crippen molar-refractivity contribution in [3.8, 4) is 5.75 Å². The van der Waals surface area contributed by atoms with Crippen LogP contribution in [-0.4, -0.2) is 38.2 Å². The van der Waals surface area contributed by atoms with E-state index in [1.54, 1.807) is 25.3 Å². The summed E-state index contributed by atoms with van der Waals surface area (Å²) in [6, 6.07) is 4.73. The monoisotopic (exact) mass is 354 g/mol. The summed E-state index contributed by atoms with van der Waals surface area (Å²) >= 11 is 5.96. The van der Waals surface area contributed by atoms with Crippen LogP contribution in [0.1, 0.15) is 32.1 Å². The molecule has 2 N–H and O–H groups in total. The Hall–Kier alpha value is -1.50. The Labute approximate surface area is 146 Å². The molecule has 1 aliphatic carbocycles. The molecule has 2 aliphatic rings. The van der Waals surface area contributed by atoms with Gasteiger partial charge in [-0.2, -0.15) is 0 Å². The number of rotatable bonds is 4. The van der Waals surface area contributed by atoms with Gasteiger partial charge in [-0.3, -0.25) is 0 Å². The molecule has 6 nitrogen and oxygen atoms in total. The molecule has 1 atom stereocenters. The molecule has 2 fully saturated rings. The van der Waals surface area contributed by atoms with E-state index in [0.29, 0.717) is 29.6 Å². The number of methoxy groups -OCH3 is 1. The van der Waals surface area contributed by atoms with Gasteiger partial charge in [-0.1, -0.05) is 18.0 Å². The summed E-state index contributed by atoms with van der Waals surface area (Å²) in [5.41, 5.74) is 0.523. The van der Waals surface area contributed by atoms with Gasteiger partial charge >= 0.3 is 6.03 Å². The largest absolute Gasteiger partial charge is 0.495 e. The zero-order chi connectivity index (χ0) is 17.0. The molecule has 3 rings (SSSR count). The Morgan fingerprint density at radius 1 is 1.38 bits per heavy atom. The lowest BCUT2D eigenvalue weighted by molar-refractivity contribution is -0.186. The van der Waals surface area contributed by atoms with Crippen LogP contribution >= 0.6 is 11.6 Å². The van der Waals surface area contributed by atoms with Crippen molar-refractivity contribution in [3.05, 3.63) is 23.2 Å². The summed E-state index contributed by atoms with van der Waals surface area (Å²) in [6.07, 6.45) is 5.27. The number of hydrogen-bond donors (Lipinski definition) is 2. The summed E-state index contributed by atoms with van der Waals surface area (Å²) in [5.74, 6) is 0.133. The lowest BCUT2D eigenvalue weighted by Crippen LogP contribution is -2.38. The van der Waals surface area contributed by atoms with E-state index in [2.05, 4.69) is 10.6 Å². The zero-order valence-corrected chi connectivity index (χ0v) is 14.5. The third kappa shape index (κ3) is 4.12. The quantitative estimate of drug-likeness (QED) is 0.867. The Bertz CT molecular complexity index is 590. The van der Waals surface area contributed by atoms with Gasteiger partial charge in [-0.05, 0) is 31.0 Å². The highest BCUT2D eigenvalue weighted by Crippen LogP contribution is 2.37. The molecule has 0 radical (unpaired) electrons. The summed E-state index contributed by atoms with van der Waals surface area (Å²) in [5, 5.41) is 6.08. The molecule has 1 aromatic carbocycles. The lowest BCUT2D eigenvalue weighted by Gasteiger charge is -2.31. The van der Waals surface area contributed by atoms with Crippen LogP contribution in [0.2, 0.25) is 5.02 Å². The van der Waals surface area contributed by atoms with Gasteiger partial charge in [0.05, 0.1) is 19.4 Å². The highest BCUT2D eigenvalue weighted by molar-refractivity contribution is 6.31. The third-order valence-electron chi connectivity index (χ3n) is 4.43. The number of nitrogens with one attached hydrogen (secondary N) is 2. The maximum Gasteiger partial charge on any atom is 0.319 e. The van der Waals surface area contributed by atoms with Gasteiger partial charge in [0.15, 0.2) is 5.79 Å². The summed E-state index contributed by atoms with van der Waals surface area (Å²) in [7, 11) is 1.54. The maximum atomic E-state index is 12.1. The van der Waals surface area contributed by atoms with Crippen LogP contribution in [0.5, 0.6) is 5.75 Å². The minimum atomic E-state index is -0.419. The van der Waals surface area contributed by atoms with Crippen molar-refractivity contribution in [1.82, 2.24) is 5.32 Å². The minimum Gasteiger partial charge on any atom is -0.495 e. The van der Waals surface area contributed by atoms with Crippen molar-refractivity contribution in [2.75, 3.05) is 25.6 Å². The van der Waals surface area contributed by atoms with Crippen molar-refractivity contribution in [2.24, 2.45) is 0 Å². The van der Waals surface area contributed by atoms with Crippen LogP contribution in [0.3, 0.4) is 0 Å². The molecule has 2 amide bonds. The second kappa shape index (κ2) is 7.59. The second-order valence-corrected chi connectivity index (χ2v) is 6.64. The minimum absolute atomic E-state index is 0.116. The van der Waals surface area contributed by atoms with Crippen molar-refractivity contribution < 1.29 is 19.0 Å². The van der Waals surface area contributed by atoms with Crippen molar-refractivity contribution in [3.63, 3.8) is 0 Å². The van der Waals surface area contributed by atoms with Gasteiger partial charge in [-0.25, -0.2) is 4.79 Å². The van der Waals surface area contributed by atoms with E-state index in [-0.39, 0.29) is 12.1 Å². The van der Waals surface area contributed by atoms with E-state index in [1.807, 2.05) is 0 Å². The zero-order valence-electron chi connectivity index (χ0n) is 13.8.